The average Bonchev–Trinajstić information content (AvgIpc) is 3.68. The van der Waals surface area contributed by atoms with Gasteiger partial charge in [-0.15, -0.1) is 0 Å². The lowest BCUT2D eigenvalue weighted by atomic mass is 9.91. The number of hydrogen-bond donors (Lipinski definition) is 3. The van der Waals surface area contributed by atoms with Crippen LogP contribution in [0.15, 0.2) is 71.5 Å². The number of imidazole rings is 1. The van der Waals surface area contributed by atoms with Gasteiger partial charge in [0.2, 0.25) is 5.28 Å². The van der Waals surface area contributed by atoms with Gasteiger partial charge in [-0.25, -0.2) is 4.98 Å². The molecule has 12 heteroatoms. The zero-order chi connectivity index (χ0) is 27.6. The lowest BCUT2D eigenvalue weighted by molar-refractivity contribution is -0.0451. The standard InChI is InChI=1S/C28H28ClN7O4/c1-2-9-19-32-26(40-35-19)23-21(37)22(38)27(39-23)36-15-31-20-24(33-28(29)34-25(20)36)30-14-18(16-10-5-3-6-11-16)17-12-7-4-8-13-17/h3-8,10-13,15,18,21-23,27,37-38H,2,9,14H2,1H3,(H,30,33,34)/t21-,22+,23-,27+/m0/s1. The lowest BCUT2D eigenvalue weighted by Gasteiger charge is -2.19. The van der Waals surface area contributed by atoms with Gasteiger partial charge in [-0.05, 0) is 29.1 Å². The van der Waals surface area contributed by atoms with Gasteiger partial charge in [0.25, 0.3) is 5.89 Å². The van der Waals surface area contributed by atoms with Gasteiger partial charge in [0.1, 0.15) is 12.2 Å². The highest BCUT2D eigenvalue weighted by Crippen LogP contribution is 2.40. The van der Waals surface area contributed by atoms with Crippen LogP contribution in [0.3, 0.4) is 0 Å². The molecular weight excluding hydrogens is 534 g/mol. The van der Waals surface area contributed by atoms with Gasteiger partial charge >= 0.3 is 0 Å². The van der Waals surface area contributed by atoms with Gasteiger partial charge in [0.15, 0.2) is 35.1 Å². The first-order valence-electron chi connectivity index (χ1n) is 13.1. The molecule has 1 aliphatic rings. The Labute approximate surface area is 234 Å². The monoisotopic (exact) mass is 561 g/mol. The smallest absolute Gasteiger partial charge is 0.258 e. The molecule has 206 valence electrons. The van der Waals surface area contributed by atoms with Crippen molar-refractivity contribution in [3.05, 3.63) is 95.1 Å². The molecule has 3 aromatic heterocycles. The van der Waals surface area contributed by atoms with Crippen LogP contribution in [0, 0.1) is 0 Å². The van der Waals surface area contributed by atoms with Crippen LogP contribution in [-0.2, 0) is 11.2 Å². The maximum atomic E-state index is 10.9. The minimum Gasteiger partial charge on any atom is -0.387 e. The Morgan fingerprint density at radius 1 is 0.975 bits per heavy atom. The van der Waals surface area contributed by atoms with Crippen LogP contribution in [0.1, 0.15) is 54.4 Å². The molecule has 1 fully saturated rings. The molecule has 2 aromatic carbocycles. The van der Waals surface area contributed by atoms with E-state index in [1.165, 1.54) is 10.9 Å². The number of nitrogens with one attached hydrogen (secondary N) is 1. The number of rotatable bonds is 9. The average molecular weight is 562 g/mol. The number of aliphatic hydroxyl groups excluding tert-OH is 2. The fourth-order valence-corrected chi connectivity index (χ4v) is 5.16. The summed E-state index contributed by atoms with van der Waals surface area (Å²) in [6, 6.07) is 20.4. The second-order valence-corrected chi connectivity index (χ2v) is 9.99. The van der Waals surface area contributed by atoms with Gasteiger partial charge in [-0.3, -0.25) is 4.57 Å². The second-order valence-electron chi connectivity index (χ2n) is 9.65. The van der Waals surface area contributed by atoms with Crippen LogP contribution in [0.2, 0.25) is 5.28 Å². The van der Waals surface area contributed by atoms with Gasteiger partial charge < -0.3 is 24.8 Å². The van der Waals surface area contributed by atoms with Crippen molar-refractivity contribution < 1.29 is 19.5 Å². The molecule has 6 rings (SSSR count). The molecule has 4 atom stereocenters. The highest BCUT2D eigenvalue weighted by atomic mass is 35.5. The number of fused-ring (bicyclic) bond motifs is 1. The Morgan fingerprint density at radius 2 is 1.68 bits per heavy atom. The van der Waals surface area contributed by atoms with Crippen molar-refractivity contribution in [3.8, 4) is 0 Å². The molecular formula is C28H28ClN7O4. The third-order valence-corrected chi connectivity index (χ3v) is 7.15. The Hall–Kier alpha value is -3.90. The molecule has 1 saturated heterocycles. The Balaban J connectivity index is 1.28. The molecule has 40 heavy (non-hydrogen) atoms. The molecule has 3 N–H and O–H groups in total. The summed E-state index contributed by atoms with van der Waals surface area (Å²) in [4.78, 5) is 17.6. The van der Waals surface area contributed by atoms with E-state index in [4.69, 9.17) is 20.9 Å². The summed E-state index contributed by atoms with van der Waals surface area (Å²) in [7, 11) is 0. The van der Waals surface area contributed by atoms with Gasteiger partial charge in [-0.2, -0.15) is 15.0 Å². The Morgan fingerprint density at radius 3 is 2.35 bits per heavy atom. The van der Waals surface area contributed by atoms with Crippen LogP contribution >= 0.6 is 11.6 Å². The highest BCUT2D eigenvalue weighted by molar-refractivity contribution is 6.28. The maximum absolute atomic E-state index is 10.9. The van der Waals surface area contributed by atoms with Crippen molar-refractivity contribution in [2.75, 3.05) is 11.9 Å². The van der Waals surface area contributed by atoms with Crippen molar-refractivity contribution in [2.24, 2.45) is 0 Å². The van der Waals surface area contributed by atoms with Crippen LogP contribution in [-0.4, -0.2) is 58.6 Å². The molecule has 1 aliphatic heterocycles. The fraction of sp³-hybridized carbons (Fsp3) is 0.321. The van der Waals surface area contributed by atoms with E-state index in [-0.39, 0.29) is 17.1 Å². The largest absolute Gasteiger partial charge is 0.387 e. The summed E-state index contributed by atoms with van der Waals surface area (Å²) in [5.41, 5.74) is 3.08. The minimum atomic E-state index is -1.31. The summed E-state index contributed by atoms with van der Waals surface area (Å²) in [6.07, 6.45) is -1.70. The topological polar surface area (TPSA) is 144 Å². The van der Waals surface area contributed by atoms with Crippen molar-refractivity contribution >= 4 is 28.6 Å². The summed E-state index contributed by atoms with van der Waals surface area (Å²) in [6.45, 7) is 2.52. The highest BCUT2D eigenvalue weighted by Gasteiger charge is 2.47. The van der Waals surface area contributed by atoms with Gasteiger partial charge in [-0.1, -0.05) is 72.7 Å². The number of aromatic nitrogens is 6. The first-order chi connectivity index (χ1) is 19.5. The van der Waals surface area contributed by atoms with E-state index in [0.717, 1.165) is 17.5 Å². The first kappa shape index (κ1) is 26.3. The number of aryl methyl sites for hydroxylation is 1. The third kappa shape index (κ3) is 5.04. The predicted molar refractivity (Wildman–Crippen MR) is 147 cm³/mol. The predicted octanol–water partition coefficient (Wildman–Crippen LogP) is 4.05. The number of halogens is 1. The van der Waals surface area contributed by atoms with Crippen molar-refractivity contribution in [3.63, 3.8) is 0 Å². The zero-order valence-corrected chi connectivity index (χ0v) is 22.4. The van der Waals surface area contributed by atoms with Crippen molar-refractivity contribution in [2.45, 2.75) is 50.2 Å². The van der Waals surface area contributed by atoms with E-state index < -0.39 is 24.5 Å². The molecule has 0 bridgehead atoms. The SMILES string of the molecule is CCCc1noc([C@H]2O[C@@H](n3cnc4c(NCC(c5ccccc5)c5ccccc5)nc(Cl)nc43)[C@H](O)[C@@H]2O)n1. The summed E-state index contributed by atoms with van der Waals surface area (Å²) < 4.78 is 12.8. The maximum Gasteiger partial charge on any atom is 0.258 e. The molecule has 0 aliphatic carbocycles. The van der Waals surface area contributed by atoms with Crippen molar-refractivity contribution in [1.29, 1.82) is 0 Å². The molecule has 5 aromatic rings. The number of aliphatic hydroxyl groups is 2. The normalized spacial score (nSPS) is 20.9. The second kappa shape index (κ2) is 11.3. The molecule has 0 amide bonds. The number of nitrogens with zero attached hydrogens (tertiary/aromatic N) is 6. The number of anilines is 1. The molecule has 0 radical (unpaired) electrons. The lowest BCUT2D eigenvalue weighted by Crippen LogP contribution is -2.29. The van der Waals surface area contributed by atoms with E-state index in [1.807, 2.05) is 43.3 Å². The van der Waals surface area contributed by atoms with E-state index in [2.05, 4.69) is 54.7 Å². The van der Waals surface area contributed by atoms with Gasteiger partial charge in [0.05, 0.1) is 6.33 Å². The van der Waals surface area contributed by atoms with Crippen LogP contribution < -0.4 is 5.32 Å². The molecule has 0 saturated carbocycles. The quantitative estimate of drug-likeness (QED) is 0.225. The zero-order valence-electron chi connectivity index (χ0n) is 21.6. The summed E-state index contributed by atoms with van der Waals surface area (Å²) >= 11 is 6.34. The Bertz CT molecular complexity index is 1540. The van der Waals surface area contributed by atoms with Crippen LogP contribution in [0.25, 0.3) is 11.2 Å². The van der Waals surface area contributed by atoms with Gasteiger partial charge in [0, 0.05) is 18.9 Å². The van der Waals surface area contributed by atoms with E-state index >= 15 is 0 Å². The number of ether oxygens (including phenoxy) is 1. The molecule has 0 unspecified atom stereocenters. The summed E-state index contributed by atoms with van der Waals surface area (Å²) in [5, 5.41) is 29.0. The van der Waals surface area contributed by atoms with Crippen LogP contribution in [0.4, 0.5) is 5.82 Å². The van der Waals surface area contributed by atoms with E-state index in [0.29, 0.717) is 35.8 Å². The number of hydrogen-bond acceptors (Lipinski definition) is 10. The van der Waals surface area contributed by atoms with E-state index in [9.17, 15) is 10.2 Å². The summed E-state index contributed by atoms with van der Waals surface area (Å²) in [5.74, 6) is 1.09. The van der Waals surface area contributed by atoms with Crippen LogP contribution in [0.5, 0.6) is 0 Å². The number of benzene rings is 2. The molecule has 0 spiro atoms. The first-order valence-corrected chi connectivity index (χ1v) is 13.5. The minimum absolute atomic E-state index is 0.00147. The third-order valence-electron chi connectivity index (χ3n) is 6.98. The fourth-order valence-electron chi connectivity index (χ4n) is 5.00. The van der Waals surface area contributed by atoms with Crippen molar-refractivity contribution in [1.82, 2.24) is 29.7 Å². The molecule has 11 nitrogen and oxygen atoms in total. The molecule has 4 heterocycles. The Kier molecular flexibility index (Phi) is 7.44. The van der Waals surface area contributed by atoms with E-state index in [1.54, 1.807) is 0 Å².